The molecule has 14 aliphatic carbocycles. The lowest BCUT2D eigenvalue weighted by atomic mass is 9.17. The van der Waals surface area contributed by atoms with E-state index in [-0.39, 0.29) is 0 Å². The summed E-state index contributed by atoms with van der Waals surface area (Å²) in [4.78, 5) is 7.79. The van der Waals surface area contributed by atoms with E-state index in [1.54, 1.807) is 263 Å². The van der Waals surface area contributed by atoms with Crippen LogP contribution in [0.1, 0.15) is 358 Å². The van der Waals surface area contributed by atoms with Gasteiger partial charge in [0.05, 0.1) is 0 Å². The largest absolute Gasteiger partial charge is 0.295 e. The summed E-state index contributed by atoms with van der Waals surface area (Å²) in [7, 11) is 0. The maximum Gasteiger partial charge on any atom is 0.156 e. The van der Waals surface area contributed by atoms with Gasteiger partial charge in [-0.25, -0.2) is 0 Å². The highest BCUT2D eigenvalue weighted by molar-refractivity contribution is 6.65. The Hall–Kier alpha value is -0.0151. The van der Waals surface area contributed by atoms with Crippen LogP contribution < -0.4 is 0 Å². The van der Waals surface area contributed by atoms with Crippen LogP contribution in [0.4, 0.5) is 0 Å². The molecule has 14 saturated carbocycles. The van der Waals surface area contributed by atoms with E-state index in [9.17, 15) is 0 Å². The van der Waals surface area contributed by atoms with Gasteiger partial charge in [-0.05, 0) is 267 Å². The van der Waals surface area contributed by atoms with Gasteiger partial charge in [-0.3, -0.25) is 9.80 Å². The molecule has 2 heterocycles. The summed E-state index contributed by atoms with van der Waals surface area (Å²) in [5, 5.41) is 0. The molecular weight excluding hydrogens is 1100 g/mol. The Balaban J connectivity index is 0.869. The molecular formula is C88H149BN2. The van der Waals surface area contributed by atoms with Crippen molar-refractivity contribution in [3.63, 3.8) is 0 Å². The van der Waals surface area contributed by atoms with Gasteiger partial charge in [0.25, 0.3) is 0 Å². The van der Waals surface area contributed by atoms with Gasteiger partial charge in [0.1, 0.15) is 0 Å². The molecule has 16 fully saturated rings. The van der Waals surface area contributed by atoms with Crippen LogP contribution in [0.5, 0.6) is 0 Å². The van der Waals surface area contributed by atoms with Crippen LogP contribution in [-0.4, -0.2) is 52.8 Å². The summed E-state index contributed by atoms with van der Waals surface area (Å²) in [6.45, 7) is 25.6. The molecule has 16 aliphatic rings. The fourth-order valence-corrected chi connectivity index (χ4v) is 32.0. The quantitative estimate of drug-likeness (QED) is 0.224. The van der Waals surface area contributed by atoms with Gasteiger partial charge in [0.2, 0.25) is 0 Å². The zero-order valence-corrected chi connectivity index (χ0v) is 61.8. The number of rotatable bonds is 8. The van der Waals surface area contributed by atoms with E-state index in [2.05, 4.69) is 72.1 Å². The molecule has 2 saturated heterocycles. The zero-order chi connectivity index (χ0) is 62.1. The molecule has 0 radical (unpaired) electrons. The van der Waals surface area contributed by atoms with E-state index < -0.39 is 0 Å². The summed E-state index contributed by atoms with van der Waals surface area (Å²) in [6, 6.07) is 5.14. The molecule has 0 amide bonds. The molecule has 23 atom stereocenters. The van der Waals surface area contributed by atoms with E-state index in [1.807, 2.05) is 0 Å². The molecule has 23 unspecified atom stereocenters. The second-order valence-electron chi connectivity index (χ2n) is 42.5. The monoisotopic (exact) mass is 1250 g/mol. The van der Waals surface area contributed by atoms with Crippen molar-refractivity contribution in [2.45, 2.75) is 411 Å². The Morgan fingerprint density at radius 1 is 0.231 bits per heavy atom. The Morgan fingerprint density at radius 3 is 1.01 bits per heavy atom. The van der Waals surface area contributed by atoms with Gasteiger partial charge in [-0.1, -0.05) is 249 Å². The first-order valence-corrected chi connectivity index (χ1v) is 43.6. The molecule has 2 nitrogen and oxygen atoms in total. The minimum absolute atomic E-state index is 0.364. The molecule has 16 rings (SSSR count). The number of hydrogen-bond donors (Lipinski definition) is 0. The number of fused-ring (bicyclic) bond motifs is 4. The van der Waals surface area contributed by atoms with E-state index in [4.69, 9.17) is 0 Å². The van der Waals surface area contributed by atoms with Crippen LogP contribution in [0, 0.1) is 141 Å². The van der Waals surface area contributed by atoms with E-state index >= 15 is 0 Å². The lowest BCUT2D eigenvalue weighted by molar-refractivity contribution is -0.156. The maximum atomic E-state index is 3.91. The van der Waals surface area contributed by atoms with Gasteiger partial charge in [0, 0.05) is 36.3 Å². The molecule has 0 bridgehead atoms. The highest BCUT2D eigenvalue weighted by Gasteiger charge is 2.70. The SMILES string of the molecule is CC(C)(C)C1CC2CCC3CC(C(C)(C)C)CC4C(C5CCC6C(C5)B5C7CC(C8CCCCC8)CCC7N(C7C(C8CCCCC8)CCCC7C7CCCCC7)C7CC(C(C)(C)C)CC(C57)N6C5C(C6CCCCC6)CCCC5C5CCCCC5)CC(C1)C2C34. The van der Waals surface area contributed by atoms with Crippen molar-refractivity contribution in [3.05, 3.63) is 0 Å². The van der Waals surface area contributed by atoms with Crippen LogP contribution in [0.2, 0.25) is 17.5 Å². The minimum atomic E-state index is 0.364. The van der Waals surface area contributed by atoms with Crippen molar-refractivity contribution in [2.24, 2.45) is 141 Å². The van der Waals surface area contributed by atoms with Gasteiger partial charge < -0.3 is 0 Å². The zero-order valence-electron chi connectivity index (χ0n) is 61.8. The lowest BCUT2D eigenvalue weighted by Gasteiger charge is -2.72. The molecule has 0 aromatic rings. The highest BCUT2D eigenvalue weighted by Crippen LogP contribution is 2.71. The third-order valence-corrected chi connectivity index (χ3v) is 35.8. The minimum Gasteiger partial charge on any atom is -0.295 e. The second kappa shape index (κ2) is 26.8. The molecule has 0 spiro atoms. The summed E-state index contributed by atoms with van der Waals surface area (Å²) in [5.74, 6) is 23.7. The lowest BCUT2D eigenvalue weighted by Crippen LogP contribution is -2.77. The van der Waals surface area contributed by atoms with Gasteiger partial charge in [0.15, 0.2) is 6.71 Å². The fraction of sp³-hybridized carbons (Fsp3) is 1.00. The number of nitrogens with zero attached hydrogens (tertiary/aromatic N) is 2. The predicted molar refractivity (Wildman–Crippen MR) is 387 cm³/mol. The highest BCUT2D eigenvalue weighted by atomic mass is 15.3. The third-order valence-electron chi connectivity index (χ3n) is 35.8. The summed E-state index contributed by atoms with van der Waals surface area (Å²) in [5.41, 5.74) is 1.26. The summed E-state index contributed by atoms with van der Waals surface area (Å²) in [6.07, 6.45) is 72.6. The van der Waals surface area contributed by atoms with Crippen molar-refractivity contribution in [2.75, 3.05) is 0 Å². The standard InChI is InChI=1S/C88H149BN2/c1-86(2,3)66-47-63-41-42-64-48-67(87(4,5)6)53-74-73(50-65(49-66)81(63)82(64)74)62-44-46-78-76(52-62)89-75-51-61(56-27-15-10-16-28-56)43-45-77(75)90(84-69(57-29-17-11-18-30-57)37-25-38-70(84)58-31-19-12-20-32-58)79-54-68(88(7,8)9)55-80(83(79)89)91(78)85-71(59-33-21-13-22-34-59)39-26-40-72(85)60-35-23-14-24-36-60/h56-85H,10-55H2,1-9H3. The predicted octanol–water partition coefficient (Wildman–Crippen LogP) is 24.6. The normalized spacial score (nSPS) is 48.2. The Bertz CT molecular complexity index is 2300. The van der Waals surface area contributed by atoms with Gasteiger partial charge in [-0.15, -0.1) is 0 Å². The van der Waals surface area contributed by atoms with Crippen molar-refractivity contribution >= 4 is 6.71 Å². The first-order chi connectivity index (χ1) is 44.0. The molecule has 0 N–H and O–H groups in total. The van der Waals surface area contributed by atoms with Gasteiger partial charge in [-0.2, -0.15) is 0 Å². The fourth-order valence-electron chi connectivity index (χ4n) is 32.0. The maximum absolute atomic E-state index is 3.91. The Labute approximate surface area is 565 Å². The molecule has 0 aromatic carbocycles. The van der Waals surface area contributed by atoms with E-state index in [0.29, 0.717) is 16.2 Å². The Morgan fingerprint density at radius 2 is 0.582 bits per heavy atom. The molecule has 0 aromatic heterocycles. The first-order valence-electron chi connectivity index (χ1n) is 43.6. The Kier molecular flexibility index (Phi) is 19.3. The van der Waals surface area contributed by atoms with Crippen LogP contribution in [0.25, 0.3) is 0 Å². The summed E-state index contributed by atoms with van der Waals surface area (Å²) < 4.78 is 0. The van der Waals surface area contributed by atoms with Crippen LogP contribution in [0.15, 0.2) is 0 Å². The van der Waals surface area contributed by atoms with E-state index in [1.165, 1.54) is 32.1 Å². The second-order valence-corrected chi connectivity index (χ2v) is 42.5. The molecule has 514 valence electrons. The molecule has 2 aliphatic heterocycles. The molecule has 91 heavy (non-hydrogen) atoms. The molecule has 3 heteroatoms. The smallest absolute Gasteiger partial charge is 0.156 e. The van der Waals surface area contributed by atoms with Crippen molar-refractivity contribution in [3.8, 4) is 0 Å². The van der Waals surface area contributed by atoms with Crippen LogP contribution in [0.3, 0.4) is 0 Å². The van der Waals surface area contributed by atoms with E-state index in [0.717, 1.165) is 185 Å². The van der Waals surface area contributed by atoms with Crippen molar-refractivity contribution in [1.82, 2.24) is 9.80 Å². The summed E-state index contributed by atoms with van der Waals surface area (Å²) >= 11 is 0. The number of hydrogen-bond acceptors (Lipinski definition) is 2. The average molecular weight is 1250 g/mol. The van der Waals surface area contributed by atoms with Crippen LogP contribution >= 0.6 is 0 Å². The first kappa shape index (κ1) is 65.6. The topological polar surface area (TPSA) is 6.48 Å². The van der Waals surface area contributed by atoms with Crippen LogP contribution in [-0.2, 0) is 0 Å². The van der Waals surface area contributed by atoms with Gasteiger partial charge >= 0.3 is 0 Å². The van der Waals surface area contributed by atoms with Crippen molar-refractivity contribution < 1.29 is 0 Å². The third kappa shape index (κ3) is 12.4. The van der Waals surface area contributed by atoms with Crippen molar-refractivity contribution in [1.29, 1.82) is 0 Å². The average Bonchev–Trinajstić information content (AvgIpc) is 0.693.